The molecule has 2 rings (SSSR count). The summed E-state index contributed by atoms with van der Waals surface area (Å²) in [5, 5.41) is 0. The summed E-state index contributed by atoms with van der Waals surface area (Å²) in [6.07, 6.45) is 0.414. The minimum atomic E-state index is -0.488. The Morgan fingerprint density at radius 1 is 1.40 bits per heavy atom. The van der Waals surface area contributed by atoms with Gasteiger partial charge in [0.25, 0.3) is 0 Å². The summed E-state index contributed by atoms with van der Waals surface area (Å²) in [6.45, 7) is 8.88. The molecular formula is C14H22N4O2. The van der Waals surface area contributed by atoms with E-state index in [0.29, 0.717) is 26.1 Å². The van der Waals surface area contributed by atoms with Crippen LogP contribution in [-0.4, -0.2) is 33.1 Å². The monoisotopic (exact) mass is 278 g/mol. The lowest BCUT2D eigenvalue weighted by Gasteiger charge is -2.31. The number of hydrogen-bond acceptors (Lipinski definition) is 5. The van der Waals surface area contributed by atoms with Gasteiger partial charge >= 0.3 is 6.09 Å². The third-order valence-electron chi connectivity index (χ3n) is 3.10. The second-order valence-corrected chi connectivity index (χ2v) is 6.00. The number of nitrogens with two attached hydrogens (primary N) is 1. The second-order valence-electron chi connectivity index (χ2n) is 6.00. The minimum Gasteiger partial charge on any atom is -0.444 e. The first-order chi connectivity index (χ1) is 9.30. The molecule has 1 aliphatic heterocycles. The molecule has 0 radical (unpaired) electrons. The van der Waals surface area contributed by atoms with Crippen LogP contribution in [0.15, 0.2) is 0 Å². The Kier molecular flexibility index (Phi) is 3.94. The van der Waals surface area contributed by atoms with Gasteiger partial charge in [-0.1, -0.05) is 0 Å². The van der Waals surface area contributed by atoms with E-state index in [4.69, 9.17) is 10.5 Å². The van der Waals surface area contributed by atoms with Gasteiger partial charge in [0.2, 0.25) is 0 Å². The van der Waals surface area contributed by atoms with E-state index >= 15 is 0 Å². The third-order valence-corrected chi connectivity index (χ3v) is 3.10. The molecular weight excluding hydrogens is 256 g/mol. The second kappa shape index (κ2) is 5.36. The van der Waals surface area contributed by atoms with Crippen molar-refractivity contribution in [3.8, 4) is 0 Å². The summed E-state index contributed by atoms with van der Waals surface area (Å²) < 4.78 is 5.40. The van der Waals surface area contributed by atoms with Crippen molar-refractivity contribution in [1.82, 2.24) is 14.9 Å². The SMILES string of the molecule is Cc1nc(CN)c2c(n1)CCN(C(=O)OC(C)(C)C)C2. The highest BCUT2D eigenvalue weighted by molar-refractivity contribution is 5.68. The van der Waals surface area contributed by atoms with Gasteiger partial charge in [-0.3, -0.25) is 0 Å². The molecule has 2 N–H and O–H groups in total. The highest BCUT2D eigenvalue weighted by atomic mass is 16.6. The number of fused-ring (bicyclic) bond motifs is 1. The Morgan fingerprint density at radius 2 is 2.10 bits per heavy atom. The van der Waals surface area contributed by atoms with E-state index in [1.165, 1.54) is 0 Å². The maximum absolute atomic E-state index is 12.1. The van der Waals surface area contributed by atoms with Gasteiger partial charge in [0, 0.05) is 25.1 Å². The zero-order chi connectivity index (χ0) is 14.9. The van der Waals surface area contributed by atoms with Gasteiger partial charge in [-0.15, -0.1) is 0 Å². The quantitative estimate of drug-likeness (QED) is 0.842. The lowest BCUT2D eigenvalue weighted by molar-refractivity contribution is 0.0222. The zero-order valence-corrected chi connectivity index (χ0v) is 12.6. The molecule has 0 bridgehead atoms. The Bertz CT molecular complexity index is 505. The Morgan fingerprint density at radius 3 is 2.70 bits per heavy atom. The first-order valence-corrected chi connectivity index (χ1v) is 6.83. The number of carbonyl (C=O) groups is 1. The van der Waals surface area contributed by atoms with Crippen molar-refractivity contribution >= 4 is 6.09 Å². The molecule has 1 aliphatic rings. The van der Waals surface area contributed by atoms with Crippen LogP contribution in [0.1, 0.15) is 43.5 Å². The lowest BCUT2D eigenvalue weighted by atomic mass is 10.0. The number of hydrogen-bond donors (Lipinski definition) is 1. The van der Waals surface area contributed by atoms with Crippen LogP contribution >= 0.6 is 0 Å². The molecule has 0 saturated carbocycles. The molecule has 6 heteroatoms. The highest BCUT2D eigenvalue weighted by Crippen LogP contribution is 2.22. The van der Waals surface area contributed by atoms with Gasteiger partial charge in [-0.25, -0.2) is 14.8 Å². The summed E-state index contributed by atoms with van der Waals surface area (Å²) in [5.74, 6) is 0.731. The van der Waals surface area contributed by atoms with Crippen molar-refractivity contribution < 1.29 is 9.53 Å². The standard InChI is InChI=1S/C14H22N4O2/c1-9-16-11-5-6-18(13(19)20-14(2,3)4)8-10(11)12(7-15)17-9/h5-8,15H2,1-4H3. The number of nitrogens with zero attached hydrogens (tertiary/aromatic N) is 3. The van der Waals surface area contributed by atoms with Crippen molar-refractivity contribution in [2.75, 3.05) is 6.54 Å². The van der Waals surface area contributed by atoms with Crippen molar-refractivity contribution in [1.29, 1.82) is 0 Å². The lowest BCUT2D eigenvalue weighted by Crippen LogP contribution is -2.40. The minimum absolute atomic E-state index is 0.299. The van der Waals surface area contributed by atoms with Gasteiger partial charge < -0.3 is 15.4 Å². The summed E-state index contributed by atoms with van der Waals surface area (Å²) in [7, 11) is 0. The predicted molar refractivity (Wildman–Crippen MR) is 75.0 cm³/mol. The van der Waals surface area contributed by atoms with Crippen LogP contribution in [-0.2, 0) is 24.2 Å². The average molecular weight is 278 g/mol. The van der Waals surface area contributed by atoms with E-state index in [9.17, 15) is 4.79 Å². The smallest absolute Gasteiger partial charge is 0.410 e. The van der Waals surface area contributed by atoms with Crippen LogP contribution in [0.2, 0.25) is 0 Å². The van der Waals surface area contributed by atoms with Gasteiger partial charge in [-0.2, -0.15) is 0 Å². The van der Waals surface area contributed by atoms with Gasteiger partial charge in [0.1, 0.15) is 11.4 Å². The average Bonchev–Trinajstić information content (AvgIpc) is 2.35. The molecule has 1 aromatic rings. The molecule has 0 unspecified atom stereocenters. The van der Waals surface area contributed by atoms with Crippen LogP contribution in [0.4, 0.5) is 4.79 Å². The third kappa shape index (κ3) is 3.25. The maximum Gasteiger partial charge on any atom is 0.410 e. The summed E-state index contributed by atoms with van der Waals surface area (Å²) in [5.41, 5.74) is 8.04. The van der Waals surface area contributed by atoms with Crippen molar-refractivity contribution in [3.05, 3.63) is 22.8 Å². The first-order valence-electron chi connectivity index (χ1n) is 6.83. The Hall–Kier alpha value is -1.69. The zero-order valence-electron chi connectivity index (χ0n) is 12.6. The normalized spacial score (nSPS) is 14.9. The fourth-order valence-corrected chi connectivity index (χ4v) is 2.27. The van der Waals surface area contributed by atoms with Gasteiger partial charge in [-0.05, 0) is 27.7 Å². The molecule has 20 heavy (non-hydrogen) atoms. The molecule has 2 heterocycles. The topological polar surface area (TPSA) is 81.3 Å². The van der Waals surface area contributed by atoms with E-state index in [-0.39, 0.29) is 6.09 Å². The molecule has 6 nitrogen and oxygen atoms in total. The van der Waals surface area contributed by atoms with E-state index in [2.05, 4.69) is 9.97 Å². The fraction of sp³-hybridized carbons (Fsp3) is 0.643. The maximum atomic E-state index is 12.1. The Balaban J connectivity index is 2.20. The highest BCUT2D eigenvalue weighted by Gasteiger charge is 2.28. The molecule has 0 aromatic carbocycles. The summed E-state index contributed by atoms with van der Waals surface area (Å²) in [6, 6.07) is 0. The molecule has 110 valence electrons. The van der Waals surface area contributed by atoms with Crippen LogP contribution in [0.5, 0.6) is 0 Å². The molecule has 1 amide bonds. The van der Waals surface area contributed by atoms with Crippen LogP contribution in [0.3, 0.4) is 0 Å². The predicted octanol–water partition coefficient (Wildman–Crippen LogP) is 1.54. The molecule has 0 spiro atoms. The Labute approximate surface area is 119 Å². The largest absolute Gasteiger partial charge is 0.444 e. The molecule has 0 atom stereocenters. The molecule has 1 aromatic heterocycles. The molecule has 0 saturated heterocycles. The van der Waals surface area contributed by atoms with Crippen LogP contribution in [0, 0.1) is 6.92 Å². The fourth-order valence-electron chi connectivity index (χ4n) is 2.27. The van der Waals surface area contributed by atoms with E-state index in [0.717, 1.165) is 22.8 Å². The van der Waals surface area contributed by atoms with E-state index < -0.39 is 5.60 Å². The van der Waals surface area contributed by atoms with Gasteiger partial charge in [0.05, 0.1) is 17.9 Å². The first kappa shape index (κ1) is 14.7. The summed E-state index contributed by atoms with van der Waals surface area (Å²) in [4.78, 5) is 22.6. The van der Waals surface area contributed by atoms with Crippen molar-refractivity contribution in [2.45, 2.75) is 52.8 Å². The van der Waals surface area contributed by atoms with E-state index in [1.54, 1.807) is 4.90 Å². The number of rotatable bonds is 1. The number of ether oxygens (including phenoxy) is 1. The van der Waals surface area contributed by atoms with Crippen LogP contribution < -0.4 is 5.73 Å². The number of aryl methyl sites for hydroxylation is 1. The molecule has 0 fully saturated rings. The van der Waals surface area contributed by atoms with Gasteiger partial charge in [0.15, 0.2) is 0 Å². The van der Waals surface area contributed by atoms with Crippen LogP contribution in [0.25, 0.3) is 0 Å². The van der Waals surface area contributed by atoms with Crippen molar-refractivity contribution in [2.24, 2.45) is 5.73 Å². The number of amides is 1. The molecule has 0 aliphatic carbocycles. The number of carbonyl (C=O) groups excluding carboxylic acids is 1. The van der Waals surface area contributed by atoms with E-state index in [1.807, 2.05) is 27.7 Å². The number of aromatic nitrogens is 2. The van der Waals surface area contributed by atoms with Crippen molar-refractivity contribution in [3.63, 3.8) is 0 Å². The summed E-state index contributed by atoms with van der Waals surface area (Å²) >= 11 is 0.